The van der Waals surface area contributed by atoms with E-state index in [1.807, 2.05) is 18.2 Å². The van der Waals surface area contributed by atoms with Crippen molar-refractivity contribution < 1.29 is 5.11 Å². The molecule has 21 heavy (non-hydrogen) atoms. The molecule has 0 aliphatic carbocycles. The van der Waals surface area contributed by atoms with Gasteiger partial charge in [0.25, 0.3) is 0 Å². The summed E-state index contributed by atoms with van der Waals surface area (Å²) in [5.41, 5.74) is 3.16. The number of aliphatic hydroxyl groups is 1. The minimum atomic E-state index is 0.176. The number of rotatable bonds is 7. The van der Waals surface area contributed by atoms with Crippen LogP contribution in [0.3, 0.4) is 0 Å². The van der Waals surface area contributed by atoms with Crippen LogP contribution in [0, 0.1) is 0 Å². The van der Waals surface area contributed by atoms with Crippen LogP contribution in [0.15, 0.2) is 42.9 Å². The molecule has 1 heterocycles. The van der Waals surface area contributed by atoms with E-state index >= 15 is 0 Å². The van der Waals surface area contributed by atoms with Gasteiger partial charge in [-0.15, -0.1) is 0 Å². The summed E-state index contributed by atoms with van der Waals surface area (Å²) >= 11 is 0. The first-order valence-electron chi connectivity index (χ1n) is 7.23. The van der Waals surface area contributed by atoms with Gasteiger partial charge in [0, 0.05) is 25.0 Å². The fraction of sp³-hybridized carbons (Fsp3) is 0.294. The highest BCUT2D eigenvalue weighted by molar-refractivity contribution is 5.68. The molecule has 1 aromatic heterocycles. The van der Waals surface area contributed by atoms with Crippen LogP contribution >= 0.6 is 0 Å². The molecule has 2 aromatic rings. The van der Waals surface area contributed by atoms with E-state index in [0.717, 1.165) is 29.9 Å². The second kappa shape index (κ2) is 8.17. The zero-order chi connectivity index (χ0) is 14.9. The number of hydrogen-bond acceptors (Lipinski definition) is 4. The lowest BCUT2D eigenvalue weighted by Gasteiger charge is -2.23. The van der Waals surface area contributed by atoms with E-state index in [4.69, 9.17) is 5.11 Å². The minimum Gasteiger partial charge on any atom is -0.395 e. The van der Waals surface area contributed by atoms with Crippen molar-refractivity contribution in [3.8, 4) is 0 Å². The third-order valence-electron chi connectivity index (χ3n) is 3.17. The van der Waals surface area contributed by atoms with Crippen LogP contribution in [0.2, 0.25) is 0 Å². The van der Waals surface area contributed by atoms with Gasteiger partial charge in [-0.1, -0.05) is 25.1 Å². The van der Waals surface area contributed by atoms with E-state index < -0.39 is 0 Å². The molecule has 0 saturated carbocycles. The molecule has 110 valence electrons. The highest BCUT2D eigenvalue weighted by atomic mass is 16.3. The minimum absolute atomic E-state index is 0.176. The molecule has 1 aromatic carbocycles. The average Bonchev–Trinajstić information content (AvgIpc) is 2.54. The molecule has 4 nitrogen and oxygen atoms in total. The molecule has 0 atom stereocenters. The molecule has 0 unspecified atom stereocenters. The first-order valence-corrected chi connectivity index (χ1v) is 7.23. The van der Waals surface area contributed by atoms with E-state index in [-0.39, 0.29) is 6.61 Å². The van der Waals surface area contributed by atoms with Crippen molar-refractivity contribution in [2.24, 2.45) is 0 Å². The Kier molecular flexibility index (Phi) is 5.91. The number of anilines is 1. The van der Waals surface area contributed by atoms with Crippen LogP contribution in [-0.4, -0.2) is 34.8 Å². The van der Waals surface area contributed by atoms with Gasteiger partial charge in [0.05, 0.1) is 12.3 Å². The number of aromatic nitrogens is 2. The number of aliphatic hydroxyl groups excluding tert-OH is 1. The van der Waals surface area contributed by atoms with Crippen LogP contribution < -0.4 is 4.90 Å². The fourth-order valence-electron chi connectivity index (χ4n) is 2.14. The van der Waals surface area contributed by atoms with Crippen LogP contribution in [-0.2, 0) is 0 Å². The molecule has 0 spiro atoms. The Bertz CT molecular complexity index is 546. The van der Waals surface area contributed by atoms with Crippen molar-refractivity contribution in [2.45, 2.75) is 13.3 Å². The second-order valence-corrected chi connectivity index (χ2v) is 4.77. The van der Waals surface area contributed by atoms with Gasteiger partial charge in [0.1, 0.15) is 6.33 Å². The quantitative estimate of drug-likeness (QED) is 0.849. The lowest BCUT2D eigenvalue weighted by molar-refractivity contribution is 0.302. The standard InChI is InChI=1S/C17H21N3O/c1-2-11-20(12-13-21)17-7-4-15(5-8-17)3-6-16-9-10-18-14-19-16/h3-10,14,21H,2,11-13H2,1H3/b6-3+. The summed E-state index contributed by atoms with van der Waals surface area (Å²) in [6.45, 7) is 3.94. The molecule has 1 N–H and O–H groups in total. The summed E-state index contributed by atoms with van der Waals surface area (Å²) in [5, 5.41) is 9.12. The third kappa shape index (κ3) is 4.68. The normalized spacial score (nSPS) is 11.0. The van der Waals surface area contributed by atoms with Gasteiger partial charge >= 0.3 is 0 Å². The molecule has 0 bridgehead atoms. The topological polar surface area (TPSA) is 49.2 Å². The largest absolute Gasteiger partial charge is 0.395 e. The lowest BCUT2D eigenvalue weighted by Crippen LogP contribution is -2.27. The van der Waals surface area contributed by atoms with Crippen LogP contribution in [0.25, 0.3) is 12.2 Å². The van der Waals surface area contributed by atoms with Crippen molar-refractivity contribution in [2.75, 3.05) is 24.6 Å². The average molecular weight is 283 g/mol. The van der Waals surface area contributed by atoms with Crippen molar-refractivity contribution in [1.82, 2.24) is 9.97 Å². The second-order valence-electron chi connectivity index (χ2n) is 4.77. The Hall–Kier alpha value is -2.20. The molecule has 0 fully saturated rings. The summed E-state index contributed by atoms with van der Waals surface area (Å²) < 4.78 is 0. The van der Waals surface area contributed by atoms with E-state index in [1.165, 1.54) is 0 Å². The van der Waals surface area contributed by atoms with Crippen molar-refractivity contribution >= 4 is 17.8 Å². The zero-order valence-electron chi connectivity index (χ0n) is 12.3. The third-order valence-corrected chi connectivity index (χ3v) is 3.17. The SMILES string of the molecule is CCCN(CCO)c1ccc(/C=C/c2ccncn2)cc1. The molecular weight excluding hydrogens is 262 g/mol. The van der Waals surface area contributed by atoms with E-state index in [0.29, 0.717) is 6.54 Å². The highest BCUT2D eigenvalue weighted by Crippen LogP contribution is 2.16. The van der Waals surface area contributed by atoms with Crippen LogP contribution in [0.4, 0.5) is 5.69 Å². The van der Waals surface area contributed by atoms with E-state index in [2.05, 4.69) is 46.1 Å². The van der Waals surface area contributed by atoms with Crippen LogP contribution in [0.1, 0.15) is 24.6 Å². The number of nitrogens with zero attached hydrogens (tertiary/aromatic N) is 3. The summed E-state index contributed by atoms with van der Waals surface area (Å²) in [7, 11) is 0. The lowest BCUT2D eigenvalue weighted by atomic mass is 10.1. The Morgan fingerprint density at radius 1 is 1.10 bits per heavy atom. The van der Waals surface area contributed by atoms with Gasteiger partial charge in [-0.05, 0) is 36.3 Å². The molecule has 2 rings (SSSR count). The predicted molar refractivity (Wildman–Crippen MR) is 87.0 cm³/mol. The maximum Gasteiger partial charge on any atom is 0.115 e. The number of hydrogen-bond donors (Lipinski definition) is 1. The molecule has 0 aliphatic rings. The summed E-state index contributed by atoms with van der Waals surface area (Å²) in [5.74, 6) is 0. The maximum absolute atomic E-state index is 9.12. The van der Waals surface area contributed by atoms with Gasteiger partial charge in [0.15, 0.2) is 0 Å². The van der Waals surface area contributed by atoms with E-state index in [1.54, 1.807) is 12.5 Å². The molecule has 0 saturated heterocycles. The van der Waals surface area contributed by atoms with Gasteiger partial charge in [-0.3, -0.25) is 0 Å². The number of benzene rings is 1. The Balaban J connectivity index is 2.06. The van der Waals surface area contributed by atoms with Crippen LogP contribution in [0.5, 0.6) is 0 Å². The first-order chi connectivity index (χ1) is 10.3. The highest BCUT2D eigenvalue weighted by Gasteiger charge is 2.03. The summed E-state index contributed by atoms with van der Waals surface area (Å²) in [6.07, 6.45) is 8.33. The Morgan fingerprint density at radius 2 is 1.90 bits per heavy atom. The molecule has 0 radical (unpaired) electrons. The fourth-order valence-corrected chi connectivity index (χ4v) is 2.14. The van der Waals surface area contributed by atoms with Crippen molar-refractivity contribution in [3.05, 3.63) is 54.1 Å². The van der Waals surface area contributed by atoms with E-state index in [9.17, 15) is 0 Å². The molecule has 0 aliphatic heterocycles. The summed E-state index contributed by atoms with van der Waals surface area (Å²) in [4.78, 5) is 10.2. The van der Waals surface area contributed by atoms with Crippen molar-refractivity contribution in [3.63, 3.8) is 0 Å². The maximum atomic E-state index is 9.12. The smallest absolute Gasteiger partial charge is 0.115 e. The molecule has 4 heteroatoms. The molecular formula is C17H21N3O. The molecule has 0 amide bonds. The summed E-state index contributed by atoms with van der Waals surface area (Å²) in [6, 6.07) is 10.2. The predicted octanol–water partition coefficient (Wildman–Crippen LogP) is 2.86. The Morgan fingerprint density at radius 3 is 2.52 bits per heavy atom. The monoisotopic (exact) mass is 283 g/mol. The van der Waals surface area contributed by atoms with Gasteiger partial charge in [-0.25, -0.2) is 9.97 Å². The van der Waals surface area contributed by atoms with Gasteiger partial charge in [-0.2, -0.15) is 0 Å². The van der Waals surface area contributed by atoms with Gasteiger partial charge < -0.3 is 10.0 Å². The Labute approximate surface area is 125 Å². The zero-order valence-corrected chi connectivity index (χ0v) is 12.3. The first kappa shape index (κ1) is 15.2. The van der Waals surface area contributed by atoms with Gasteiger partial charge in [0.2, 0.25) is 0 Å². The van der Waals surface area contributed by atoms with Crippen molar-refractivity contribution in [1.29, 1.82) is 0 Å².